The van der Waals surface area contributed by atoms with Crippen LogP contribution in [-0.2, 0) is 40.0 Å². The van der Waals surface area contributed by atoms with Gasteiger partial charge in [-0.05, 0) is 55.6 Å². The lowest BCUT2D eigenvalue weighted by molar-refractivity contribution is -0.136. The fraction of sp³-hybridized carbons (Fsp3) is 0.590. The second kappa shape index (κ2) is 23.5. The number of hydrogen-bond acceptors (Lipinski definition) is 9. The Labute approximate surface area is 334 Å². The predicted molar refractivity (Wildman–Crippen MR) is 217 cm³/mol. The van der Waals surface area contributed by atoms with Gasteiger partial charge in [-0.1, -0.05) is 66.2 Å². The van der Waals surface area contributed by atoms with E-state index in [9.17, 15) is 33.6 Å². The van der Waals surface area contributed by atoms with Crippen molar-refractivity contribution in [2.24, 2.45) is 29.2 Å². The van der Waals surface area contributed by atoms with Crippen molar-refractivity contribution < 1.29 is 33.6 Å². The van der Waals surface area contributed by atoms with Crippen LogP contribution in [0.2, 0.25) is 0 Å². The van der Waals surface area contributed by atoms with Gasteiger partial charge in [-0.3, -0.25) is 39.0 Å². The van der Waals surface area contributed by atoms with Gasteiger partial charge in [-0.2, -0.15) is 0 Å². The number of aromatic amines is 1. The first-order valence-electron chi connectivity index (χ1n) is 19.4. The van der Waals surface area contributed by atoms with E-state index in [4.69, 9.17) is 16.9 Å². The van der Waals surface area contributed by atoms with Gasteiger partial charge in [-0.25, -0.2) is 0 Å². The number of amides is 6. The molecule has 6 amide bonds. The third kappa shape index (κ3) is 15.5. The molecule has 0 saturated heterocycles. The lowest BCUT2D eigenvalue weighted by Crippen LogP contribution is -2.60. The fourth-order valence-electron chi connectivity index (χ4n) is 5.98. The number of carbonyl (C=O) groups excluding carboxylic acids is 7. The number of aromatic nitrogens is 1. The molecule has 57 heavy (non-hydrogen) atoms. The van der Waals surface area contributed by atoms with Crippen LogP contribution in [0.15, 0.2) is 30.5 Å². The number of benzene rings is 1. The second-order valence-electron chi connectivity index (χ2n) is 15.1. The van der Waals surface area contributed by atoms with Gasteiger partial charge in [0.25, 0.3) is 0 Å². The Morgan fingerprint density at radius 3 is 2.04 bits per heavy atom. The van der Waals surface area contributed by atoms with Crippen molar-refractivity contribution in [2.45, 2.75) is 117 Å². The monoisotopic (exact) mass is 796 g/mol. The molecule has 13 N–H and O–H groups in total. The highest BCUT2D eigenvalue weighted by atomic mass is 16.2. The standard InChI is InChI=1S/C39H62N11O7/c1-8-23(6)31(40)37(56)46-24(7)33(52)48-30(19-25-20-45-27-13-10-9-12-26(25)27)35(54)49-29(18-21(2)3)36(55)50-32(22(4)5)38(57)47-28(34(53)43-16-17-51)14-11-15-44-39(41)42/h9-10,12-13,20-24,28-32,45H,8,11,14-16,18-19,40H2,1-7H3,(H,43,53)(H,46,56)(H,47,57)(H,48,52)(H,49,54)(H,50,55)(H4,41,42,44)/t23-,24-,28-,29-,30-,31-,32-/m0/s1. The molecule has 0 aliphatic heterocycles. The lowest BCUT2D eigenvalue weighted by atomic mass is 9.98. The SMILES string of the molecule is CC[C@H](C)[C@H](N)C(=O)N[C@@H](C)C(=O)N[C@@H](Cc1c[nH]c2ccccc12)C(=O)N[C@@H](CC(C)C)C(=O)N[C@H](C(=O)N[C@@H](CCCNC(=N)N)C(=O)NC[C]=O)C(C)C. The summed E-state index contributed by atoms with van der Waals surface area (Å²) < 4.78 is 0. The molecule has 0 aliphatic carbocycles. The van der Waals surface area contributed by atoms with Crippen molar-refractivity contribution in [3.8, 4) is 0 Å². The molecule has 0 spiro atoms. The molecular weight excluding hydrogens is 734 g/mol. The summed E-state index contributed by atoms with van der Waals surface area (Å²) in [6.07, 6.45) is 4.64. The molecule has 1 radical (unpaired) electrons. The van der Waals surface area contributed by atoms with Gasteiger partial charge in [0.15, 0.2) is 5.96 Å². The van der Waals surface area contributed by atoms with E-state index >= 15 is 0 Å². The first-order chi connectivity index (χ1) is 26.9. The Balaban J connectivity index is 2.34. The van der Waals surface area contributed by atoms with Crippen molar-refractivity contribution >= 4 is 58.6 Å². The highest BCUT2D eigenvalue weighted by Gasteiger charge is 2.34. The molecule has 0 saturated carbocycles. The summed E-state index contributed by atoms with van der Waals surface area (Å²) in [5.74, 6) is -4.71. The smallest absolute Gasteiger partial charge is 0.243 e. The zero-order valence-electron chi connectivity index (χ0n) is 34.0. The molecule has 1 aromatic heterocycles. The molecule has 18 nitrogen and oxygen atoms in total. The molecule has 0 bridgehead atoms. The number of guanidine groups is 1. The minimum Gasteiger partial charge on any atom is -0.370 e. The summed E-state index contributed by atoms with van der Waals surface area (Å²) in [7, 11) is 0. The molecule has 0 aliphatic rings. The van der Waals surface area contributed by atoms with Crippen LogP contribution in [0, 0.1) is 23.2 Å². The Morgan fingerprint density at radius 2 is 1.42 bits per heavy atom. The Bertz CT molecular complexity index is 1700. The largest absolute Gasteiger partial charge is 0.370 e. The molecule has 2 aromatic rings. The number of rotatable bonds is 24. The minimum atomic E-state index is -1.19. The topological polar surface area (TPSA) is 295 Å². The van der Waals surface area contributed by atoms with E-state index in [-0.39, 0.29) is 50.1 Å². The highest BCUT2D eigenvalue weighted by Crippen LogP contribution is 2.20. The first kappa shape index (κ1) is 47.6. The van der Waals surface area contributed by atoms with Crippen molar-refractivity contribution in [3.05, 3.63) is 36.0 Å². The summed E-state index contributed by atoms with van der Waals surface area (Å²) >= 11 is 0. The Morgan fingerprint density at radius 1 is 0.789 bits per heavy atom. The minimum absolute atomic E-state index is 0.0366. The van der Waals surface area contributed by atoms with Crippen LogP contribution in [-0.4, -0.2) is 102 Å². The van der Waals surface area contributed by atoms with Gasteiger partial charge < -0.3 is 53.7 Å². The number of H-pyrrole nitrogens is 1. The normalized spacial score (nSPS) is 14.9. The molecule has 7 atom stereocenters. The molecule has 2 rings (SSSR count). The lowest BCUT2D eigenvalue weighted by Gasteiger charge is -2.29. The molecule has 0 fully saturated rings. The maximum Gasteiger partial charge on any atom is 0.243 e. The quantitative estimate of drug-likeness (QED) is 0.0375. The predicted octanol–water partition coefficient (Wildman–Crippen LogP) is -0.281. The van der Waals surface area contributed by atoms with E-state index in [1.54, 1.807) is 26.3 Å². The summed E-state index contributed by atoms with van der Waals surface area (Å²) in [5.41, 5.74) is 13.0. The molecular formula is C39H62N11O7. The van der Waals surface area contributed by atoms with Gasteiger partial charge >= 0.3 is 0 Å². The molecule has 1 heterocycles. The number of para-hydroxylation sites is 1. The third-order valence-corrected chi connectivity index (χ3v) is 9.58. The second-order valence-corrected chi connectivity index (χ2v) is 15.1. The van der Waals surface area contributed by atoms with Gasteiger partial charge in [-0.15, -0.1) is 0 Å². The number of carbonyl (C=O) groups is 6. The van der Waals surface area contributed by atoms with Crippen LogP contribution in [0.1, 0.15) is 79.7 Å². The Hall–Kier alpha value is -5.52. The fourth-order valence-corrected chi connectivity index (χ4v) is 5.98. The summed E-state index contributed by atoms with van der Waals surface area (Å²) in [6.45, 7) is 12.2. The summed E-state index contributed by atoms with van der Waals surface area (Å²) in [4.78, 5) is 94.8. The van der Waals surface area contributed by atoms with Crippen LogP contribution in [0.25, 0.3) is 10.9 Å². The van der Waals surface area contributed by atoms with Crippen LogP contribution >= 0.6 is 0 Å². The van der Waals surface area contributed by atoms with E-state index < -0.39 is 77.6 Å². The van der Waals surface area contributed by atoms with Crippen LogP contribution in [0.3, 0.4) is 0 Å². The maximum atomic E-state index is 14.1. The van der Waals surface area contributed by atoms with E-state index in [0.717, 1.165) is 16.5 Å². The first-order valence-corrected chi connectivity index (χ1v) is 19.4. The number of fused-ring (bicyclic) bond motifs is 1. The highest BCUT2D eigenvalue weighted by molar-refractivity contribution is 5.97. The average molecular weight is 797 g/mol. The van der Waals surface area contributed by atoms with Crippen molar-refractivity contribution in [1.82, 2.24) is 42.2 Å². The van der Waals surface area contributed by atoms with Gasteiger partial charge in [0.05, 0.1) is 12.6 Å². The zero-order valence-corrected chi connectivity index (χ0v) is 34.0. The van der Waals surface area contributed by atoms with Gasteiger partial charge in [0.1, 0.15) is 30.2 Å². The maximum absolute atomic E-state index is 14.1. The van der Waals surface area contributed by atoms with E-state index in [2.05, 4.69) is 42.2 Å². The van der Waals surface area contributed by atoms with Crippen LogP contribution < -0.4 is 48.7 Å². The number of hydrogen-bond donors (Lipinski definition) is 11. The van der Waals surface area contributed by atoms with Gasteiger partial charge in [0, 0.05) is 30.1 Å². The average Bonchev–Trinajstić information content (AvgIpc) is 3.57. The zero-order chi connectivity index (χ0) is 42.8. The number of nitrogens with two attached hydrogens (primary N) is 2. The van der Waals surface area contributed by atoms with Gasteiger partial charge in [0.2, 0.25) is 41.7 Å². The van der Waals surface area contributed by atoms with Crippen LogP contribution in [0.5, 0.6) is 0 Å². The third-order valence-electron chi connectivity index (χ3n) is 9.58. The Kier molecular flexibility index (Phi) is 19.7. The van der Waals surface area contributed by atoms with Crippen molar-refractivity contribution in [2.75, 3.05) is 13.1 Å². The summed E-state index contributed by atoms with van der Waals surface area (Å²) in [6, 6.07) is 1.03. The summed E-state index contributed by atoms with van der Waals surface area (Å²) in [5, 5.41) is 26.7. The number of nitrogens with one attached hydrogen (secondary N) is 9. The van der Waals surface area contributed by atoms with Crippen LogP contribution in [0.4, 0.5) is 0 Å². The molecule has 1 aromatic carbocycles. The van der Waals surface area contributed by atoms with Crippen molar-refractivity contribution in [3.63, 3.8) is 0 Å². The molecule has 315 valence electrons. The molecule has 0 unspecified atom stereocenters. The van der Waals surface area contributed by atoms with Crippen molar-refractivity contribution in [1.29, 1.82) is 5.41 Å². The van der Waals surface area contributed by atoms with E-state index in [0.29, 0.717) is 12.8 Å². The van der Waals surface area contributed by atoms with E-state index in [1.165, 1.54) is 6.92 Å². The molecule has 18 heteroatoms. The van der Waals surface area contributed by atoms with E-state index in [1.807, 2.05) is 52.0 Å².